The first-order valence-corrected chi connectivity index (χ1v) is 11.3. The standard InChI is InChI=1S/C22H34N6O2/c1-16(29)27-13-9-18-17(14-27)22(25(2)3)24-21(23-18)19-8-4-5-12-28(19)20(30)15-26-10-6-7-11-26/h19H,4-15H2,1-3H3/t19-/m0/s1. The molecule has 0 N–H and O–H groups in total. The molecule has 0 aliphatic carbocycles. The number of fused-ring (bicyclic) bond motifs is 1. The number of piperidine rings is 1. The fourth-order valence-corrected chi connectivity index (χ4v) is 4.92. The SMILES string of the molecule is CC(=O)N1CCc2nc([C@@H]3CCCCN3C(=O)CN3CCCC3)nc(N(C)C)c2C1. The van der Waals surface area contributed by atoms with Crippen LogP contribution in [0, 0.1) is 0 Å². The summed E-state index contributed by atoms with van der Waals surface area (Å²) in [7, 11) is 3.96. The maximum absolute atomic E-state index is 13.1. The number of likely N-dealkylation sites (tertiary alicyclic amines) is 2. The van der Waals surface area contributed by atoms with E-state index in [0.717, 1.165) is 68.2 Å². The molecule has 4 heterocycles. The zero-order valence-corrected chi connectivity index (χ0v) is 18.6. The molecule has 3 aliphatic heterocycles. The summed E-state index contributed by atoms with van der Waals surface area (Å²) in [5.41, 5.74) is 2.06. The summed E-state index contributed by atoms with van der Waals surface area (Å²) in [6.45, 7) is 6.20. The Bertz CT molecular complexity index is 805. The Morgan fingerprint density at radius 3 is 2.47 bits per heavy atom. The van der Waals surface area contributed by atoms with Crippen LogP contribution in [0.2, 0.25) is 0 Å². The molecule has 164 valence electrons. The number of aromatic nitrogens is 2. The molecule has 0 saturated carbocycles. The number of nitrogens with zero attached hydrogens (tertiary/aromatic N) is 6. The molecule has 0 radical (unpaired) electrons. The lowest BCUT2D eigenvalue weighted by molar-refractivity contribution is -0.136. The van der Waals surface area contributed by atoms with Crippen LogP contribution in [0.15, 0.2) is 0 Å². The van der Waals surface area contributed by atoms with Gasteiger partial charge in [-0.15, -0.1) is 0 Å². The Morgan fingerprint density at radius 1 is 1.03 bits per heavy atom. The third kappa shape index (κ3) is 4.29. The number of rotatable bonds is 4. The zero-order chi connectivity index (χ0) is 21.3. The highest BCUT2D eigenvalue weighted by molar-refractivity contribution is 5.79. The van der Waals surface area contributed by atoms with Gasteiger partial charge in [0.25, 0.3) is 0 Å². The van der Waals surface area contributed by atoms with E-state index in [1.54, 1.807) is 6.92 Å². The van der Waals surface area contributed by atoms with Crippen LogP contribution in [-0.4, -0.2) is 83.3 Å². The molecule has 4 rings (SSSR count). The minimum atomic E-state index is -0.0521. The topological polar surface area (TPSA) is 72.9 Å². The molecular weight excluding hydrogens is 380 g/mol. The van der Waals surface area contributed by atoms with Gasteiger partial charge < -0.3 is 14.7 Å². The van der Waals surface area contributed by atoms with Gasteiger partial charge in [0.05, 0.1) is 24.8 Å². The van der Waals surface area contributed by atoms with Crippen molar-refractivity contribution in [2.24, 2.45) is 0 Å². The van der Waals surface area contributed by atoms with Crippen LogP contribution in [0.4, 0.5) is 5.82 Å². The van der Waals surface area contributed by atoms with E-state index in [1.165, 1.54) is 12.8 Å². The van der Waals surface area contributed by atoms with Crippen molar-refractivity contribution in [1.82, 2.24) is 24.7 Å². The van der Waals surface area contributed by atoms with Gasteiger partial charge in [-0.05, 0) is 45.2 Å². The summed E-state index contributed by atoms with van der Waals surface area (Å²) < 4.78 is 0. The molecular formula is C22H34N6O2. The van der Waals surface area contributed by atoms with Gasteiger partial charge in [0.2, 0.25) is 11.8 Å². The van der Waals surface area contributed by atoms with Crippen LogP contribution in [0.5, 0.6) is 0 Å². The first-order chi connectivity index (χ1) is 14.4. The second-order valence-electron chi connectivity index (χ2n) is 9.00. The van der Waals surface area contributed by atoms with Gasteiger partial charge in [0.15, 0.2) is 5.82 Å². The number of hydrogen-bond acceptors (Lipinski definition) is 6. The van der Waals surface area contributed by atoms with Crippen molar-refractivity contribution in [2.75, 3.05) is 51.7 Å². The first-order valence-electron chi connectivity index (χ1n) is 11.3. The van der Waals surface area contributed by atoms with E-state index in [1.807, 2.05) is 28.8 Å². The van der Waals surface area contributed by atoms with Gasteiger partial charge in [-0.2, -0.15) is 0 Å². The lowest BCUT2D eigenvalue weighted by atomic mass is 9.99. The second kappa shape index (κ2) is 8.88. The molecule has 2 amide bonds. The van der Waals surface area contributed by atoms with E-state index in [4.69, 9.17) is 9.97 Å². The largest absolute Gasteiger partial charge is 0.362 e. The quantitative estimate of drug-likeness (QED) is 0.745. The summed E-state index contributed by atoms with van der Waals surface area (Å²) >= 11 is 0. The predicted octanol–water partition coefficient (Wildman–Crippen LogP) is 1.60. The smallest absolute Gasteiger partial charge is 0.237 e. The zero-order valence-electron chi connectivity index (χ0n) is 18.6. The van der Waals surface area contributed by atoms with E-state index >= 15 is 0 Å². The number of hydrogen-bond donors (Lipinski definition) is 0. The van der Waals surface area contributed by atoms with Crippen molar-refractivity contribution in [3.8, 4) is 0 Å². The summed E-state index contributed by atoms with van der Waals surface area (Å²) in [5, 5.41) is 0. The van der Waals surface area contributed by atoms with E-state index in [9.17, 15) is 9.59 Å². The van der Waals surface area contributed by atoms with E-state index in [2.05, 4.69) is 4.90 Å². The van der Waals surface area contributed by atoms with Gasteiger partial charge in [-0.25, -0.2) is 9.97 Å². The highest BCUT2D eigenvalue weighted by Gasteiger charge is 2.33. The van der Waals surface area contributed by atoms with Gasteiger partial charge in [-0.3, -0.25) is 14.5 Å². The van der Waals surface area contributed by atoms with Gasteiger partial charge in [0.1, 0.15) is 5.82 Å². The molecule has 0 bridgehead atoms. The number of amides is 2. The molecule has 8 nitrogen and oxygen atoms in total. The molecule has 3 aliphatic rings. The number of carbonyl (C=O) groups excluding carboxylic acids is 2. The van der Waals surface area contributed by atoms with Crippen molar-refractivity contribution in [1.29, 1.82) is 0 Å². The minimum Gasteiger partial charge on any atom is -0.362 e. The van der Waals surface area contributed by atoms with Gasteiger partial charge in [0, 0.05) is 46.1 Å². The molecule has 30 heavy (non-hydrogen) atoms. The third-order valence-electron chi connectivity index (χ3n) is 6.60. The summed E-state index contributed by atoms with van der Waals surface area (Å²) in [6, 6.07) is -0.0521. The van der Waals surface area contributed by atoms with Crippen LogP contribution >= 0.6 is 0 Å². The van der Waals surface area contributed by atoms with Crippen molar-refractivity contribution >= 4 is 17.6 Å². The Balaban J connectivity index is 1.62. The Morgan fingerprint density at radius 2 is 1.77 bits per heavy atom. The molecule has 1 atom stereocenters. The molecule has 8 heteroatoms. The Kier molecular flexibility index (Phi) is 6.22. The van der Waals surface area contributed by atoms with Crippen LogP contribution in [0.3, 0.4) is 0 Å². The highest BCUT2D eigenvalue weighted by Crippen LogP contribution is 2.33. The lowest BCUT2D eigenvalue weighted by Crippen LogP contribution is -2.44. The van der Waals surface area contributed by atoms with E-state index in [0.29, 0.717) is 19.6 Å². The molecule has 2 fully saturated rings. The predicted molar refractivity (Wildman–Crippen MR) is 115 cm³/mol. The van der Waals surface area contributed by atoms with Gasteiger partial charge in [-0.1, -0.05) is 0 Å². The summed E-state index contributed by atoms with van der Waals surface area (Å²) in [4.78, 5) is 43.1. The third-order valence-corrected chi connectivity index (χ3v) is 6.60. The average molecular weight is 415 g/mol. The summed E-state index contributed by atoms with van der Waals surface area (Å²) in [6.07, 6.45) is 6.16. The van der Waals surface area contributed by atoms with Crippen LogP contribution < -0.4 is 4.90 Å². The average Bonchev–Trinajstić information content (AvgIpc) is 3.25. The molecule has 1 aromatic heterocycles. The van der Waals surface area contributed by atoms with Crippen LogP contribution in [-0.2, 0) is 22.6 Å². The Hall–Kier alpha value is -2.22. The Labute approximate surface area is 179 Å². The number of anilines is 1. The van der Waals surface area contributed by atoms with Crippen LogP contribution in [0.25, 0.3) is 0 Å². The number of carbonyl (C=O) groups is 2. The monoisotopic (exact) mass is 414 g/mol. The maximum Gasteiger partial charge on any atom is 0.237 e. The van der Waals surface area contributed by atoms with Crippen LogP contribution in [0.1, 0.15) is 62.2 Å². The molecule has 0 unspecified atom stereocenters. The van der Waals surface area contributed by atoms with Crippen molar-refractivity contribution in [3.05, 3.63) is 17.1 Å². The van der Waals surface area contributed by atoms with E-state index < -0.39 is 0 Å². The summed E-state index contributed by atoms with van der Waals surface area (Å²) in [5.74, 6) is 1.93. The highest BCUT2D eigenvalue weighted by atomic mass is 16.2. The van der Waals surface area contributed by atoms with Crippen molar-refractivity contribution < 1.29 is 9.59 Å². The lowest BCUT2D eigenvalue weighted by Gasteiger charge is -2.37. The maximum atomic E-state index is 13.1. The molecule has 0 aromatic carbocycles. The van der Waals surface area contributed by atoms with Crippen molar-refractivity contribution in [2.45, 2.75) is 58.0 Å². The molecule has 1 aromatic rings. The fraction of sp³-hybridized carbons (Fsp3) is 0.727. The van der Waals surface area contributed by atoms with E-state index in [-0.39, 0.29) is 17.9 Å². The fourth-order valence-electron chi connectivity index (χ4n) is 4.92. The van der Waals surface area contributed by atoms with Gasteiger partial charge >= 0.3 is 0 Å². The normalized spacial score (nSPS) is 22.2. The minimum absolute atomic E-state index is 0.0521. The molecule has 0 spiro atoms. The first kappa shape index (κ1) is 21.0. The second-order valence-corrected chi connectivity index (χ2v) is 9.00. The molecule has 2 saturated heterocycles. The van der Waals surface area contributed by atoms with Crippen molar-refractivity contribution in [3.63, 3.8) is 0 Å².